The van der Waals surface area contributed by atoms with E-state index < -0.39 is 18.1 Å². The summed E-state index contributed by atoms with van der Waals surface area (Å²) in [5.41, 5.74) is 4.75. The van der Waals surface area contributed by atoms with Gasteiger partial charge in [0.2, 0.25) is 5.91 Å². The third-order valence-corrected chi connectivity index (χ3v) is 2.28. The molecule has 4 N–H and O–H groups in total. The number of hydrogen-bond acceptors (Lipinski definition) is 3. The molecule has 1 unspecified atom stereocenters. The fourth-order valence-electron chi connectivity index (χ4n) is 1.41. The van der Waals surface area contributed by atoms with Crippen LogP contribution < -0.4 is 16.4 Å². The molecule has 1 aliphatic rings. The third-order valence-electron chi connectivity index (χ3n) is 2.28. The highest BCUT2D eigenvalue weighted by Gasteiger charge is 2.42. The van der Waals surface area contributed by atoms with E-state index in [4.69, 9.17) is 5.73 Å². The van der Waals surface area contributed by atoms with E-state index in [1.807, 2.05) is 0 Å². The zero-order chi connectivity index (χ0) is 11.5. The van der Waals surface area contributed by atoms with E-state index in [0.29, 0.717) is 13.0 Å². The number of rotatable bonds is 2. The van der Waals surface area contributed by atoms with Crippen LogP contribution in [0.1, 0.15) is 12.8 Å². The molecule has 1 rings (SSSR count). The number of carbonyl (C=O) groups excluding carboxylic acids is 1. The molecule has 15 heavy (non-hydrogen) atoms. The Morgan fingerprint density at radius 3 is 2.67 bits per heavy atom. The highest BCUT2D eigenvalue weighted by Crippen LogP contribution is 2.18. The average molecular weight is 225 g/mol. The first kappa shape index (κ1) is 12.3. The van der Waals surface area contributed by atoms with Crippen LogP contribution in [-0.2, 0) is 4.79 Å². The van der Waals surface area contributed by atoms with Gasteiger partial charge in [-0.25, -0.2) is 0 Å². The van der Waals surface area contributed by atoms with Gasteiger partial charge >= 0.3 is 6.18 Å². The second-order valence-corrected chi connectivity index (χ2v) is 3.57. The molecule has 0 aliphatic carbocycles. The summed E-state index contributed by atoms with van der Waals surface area (Å²) >= 11 is 0. The number of hydrogen-bond donors (Lipinski definition) is 3. The molecule has 2 atom stereocenters. The van der Waals surface area contributed by atoms with E-state index in [0.717, 1.165) is 13.0 Å². The first-order chi connectivity index (χ1) is 6.91. The van der Waals surface area contributed by atoms with Gasteiger partial charge in [-0.05, 0) is 19.4 Å². The van der Waals surface area contributed by atoms with Crippen LogP contribution in [0.3, 0.4) is 0 Å². The van der Waals surface area contributed by atoms with Gasteiger partial charge in [0.1, 0.15) is 0 Å². The fourth-order valence-corrected chi connectivity index (χ4v) is 1.41. The van der Waals surface area contributed by atoms with Crippen LogP contribution in [0.15, 0.2) is 0 Å². The van der Waals surface area contributed by atoms with Gasteiger partial charge in [-0.1, -0.05) is 0 Å². The largest absolute Gasteiger partial charge is 0.412 e. The minimum Gasteiger partial charge on any atom is -0.350 e. The monoisotopic (exact) mass is 225 g/mol. The van der Waals surface area contributed by atoms with E-state index in [-0.39, 0.29) is 6.04 Å². The lowest BCUT2D eigenvalue weighted by molar-refractivity contribution is -0.163. The Bertz CT molecular complexity index is 226. The van der Waals surface area contributed by atoms with Gasteiger partial charge in [-0.2, -0.15) is 13.2 Å². The van der Waals surface area contributed by atoms with Crippen molar-refractivity contribution in [2.75, 3.05) is 13.1 Å². The highest BCUT2D eigenvalue weighted by atomic mass is 19.4. The second-order valence-electron chi connectivity index (χ2n) is 3.57. The topological polar surface area (TPSA) is 67.2 Å². The van der Waals surface area contributed by atoms with Crippen molar-refractivity contribution in [3.05, 3.63) is 0 Å². The first-order valence-electron chi connectivity index (χ1n) is 4.74. The summed E-state index contributed by atoms with van der Waals surface area (Å²) in [5.74, 6) is -1.16. The normalized spacial score (nSPS) is 24.7. The minimum atomic E-state index is -4.67. The SMILES string of the molecule is NC(C(=O)N[C@@H]1CCCNC1)C(F)(F)F. The van der Waals surface area contributed by atoms with Crippen LogP contribution >= 0.6 is 0 Å². The van der Waals surface area contributed by atoms with Gasteiger partial charge in [-0.3, -0.25) is 4.79 Å². The van der Waals surface area contributed by atoms with E-state index in [1.165, 1.54) is 0 Å². The number of nitrogens with one attached hydrogen (secondary N) is 2. The zero-order valence-electron chi connectivity index (χ0n) is 8.10. The van der Waals surface area contributed by atoms with Crippen molar-refractivity contribution in [3.8, 4) is 0 Å². The lowest BCUT2D eigenvalue weighted by Crippen LogP contribution is -2.55. The lowest BCUT2D eigenvalue weighted by Gasteiger charge is -2.25. The summed E-state index contributed by atoms with van der Waals surface area (Å²) in [6.07, 6.45) is -3.15. The molecule has 0 aromatic rings. The summed E-state index contributed by atoms with van der Waals surface area (Å²) in [6, 6.07) is -2.68. The number of piperidine rings is 1. The number of nitrogens with two attached hydrogens (primary N) is 1. The molecular formula is C8H14F3N3O. The molecule has 0 saturated carbocycles. The van der Waals surface area contributed by atoms with Gasteiger partial charge in [0.05, 0.1) is 0 Å². The van der Waals surface area contributed by atoms with Crippen LogP contribution in [0, 0.1) is 0 Å². The number of alkyl halides is 3. The van der Waals surface area contributed by atoms with Crippen LogP contribution in [0.5, 0.6) is 0 Å². The highest BCUT2D eigenvalue weighted by molar-refractivity contribution is 5.82. The number of halogens is 3. The zero-order valence-corrected chi connectivity index (χ0v) is 8.10. The Balaban J connectivity index is 2.40. The number of carbonyl (C=O) groups is 1. The molecule has 88 valence electrons. The Morgan fingerprint density at radius 2 is 2.20 bits per heavy atom. The maximum absolute atomic E-state index is 12.1. The van der Waals surface area contributed by atoms with Crippen molar-refractivity contribution in [2.45, 2.75) is 31.1 Å². The average Bonchev–Trinajstić information content (AvgIpc) is 2.16. The van der Waals surface area contributed by atoms with Crippen LogP contribution in [0.25, 0.3) is 0 Å². The molecule has 0 bridgehead atoms. The van der Waals surface area contributed by atoms with Crippen LogP contribution in [0.4, 0.5) is 13.2 Å². The van der Waals surface area contributed by atoms with Crippen molar-refractivity contribution in [1.29, 1.82) is 0 Å². The van der Waals surface area contributed by atoms with E-state index in [2.05, 4.69) is 10.6 Å². The van der Waals surface area contributed by atoms with Crippen LogP contribution in [-0.4, -0.2) is 37.3 Å². The fraction of sp³-hybridized carbons (Fsp3) is 0.875. The standard InChI is InChI=1S/C8H14F3N3O/c9-8(10,11)6(12)7(15)14-5-2-1-3-13-4-5/h5-6,13H,1-4,12H2,(H,14,15)/t5-,6?/m1/s1. The Kier molecular flexibility index (Phi) is 3.92. The van der Waals surface area contributed by atoms with Crippen molar-refractivity contribution in [3.63, 3.8) is 0 Å². The molecule has 0 radical (unpaired) electrons. The Morgan fingerprint density at radius 1 is 1.53 bits per heavy atom. The molecule has 1 aliphatic heterocycles. The maximum Gasteiger partial charge on any atom is 0.412 e. The maximum atomic E-state index is 12.1. The summed E-state index contributed by atoms with van der Waals surface area (Å²) in [6.45, 7) is 1.33. The van der Waals surface area contributed by atoms with Crippen molar-refractivity contribution in [1.82, 2.24) is 10.6 Å². The Labute approximate surface area is 85.4 Å². The van der Waals surface area contributed by atoms with Gasteiger partial charge in [0.15, 0.2) is 6.04 Å². The molecule has 0 aromatic heterocycles. The van der Waals surface area contributed by atoms with Crippen LogP contribution in [0.2, 0.25) is 0 Å². The van der Waals surface area contributed by atoms with Gasteiger partial charge < -0.3 is 16.4 Å². The molecule has 7 heteroatoms. The summed E-state index contributed by atoms with van der Waals surface area (Å²) in [5, 5.41) is 5.26. The van der Waals surface area contributed by atoms with Gasteiger partial charge in [-0.15, -0.1) is 0 Å². The van der Waals surface area contributed by atoms with E-state index in [1.54, 1.807) is 0 Å². The molecule has 1 fully saturated rings. The molecule has 0 aromatic carbocycles. The molecule has 1 amide bonds. The number of amides is 1. The predicted octanol–water partition coefficient (Wildman–Crippen LogP) is -0.256. The quantitative estimate of drug-likeness (QED) is 0.606. The van der Waals surface area contributed by atoms with Crippen molar-refractivity contribution in [2.24, 2.45) is 5.73 Å². The van der Waals surface area contributed by atoms with Crippen molar-refractivity contribution >= 4 is 5.91 Å². The molecule has 1 saturated heterocycles. The predicted molar refractivity (Wildman–Crippen MR) is 48.1 cm³/mol. The van der Waals surface area contributed by atoms with E-state index >= 15 is 0 Å². The Hall–Kier alpha value is -0.820. The van der Waals surface area contributed by atoms with E-state index in [9.17, 15) is 18.0 Å². The lowest BCUT2D eigenvalue weighted by atomic mass is 10.1. The van der Waals surface area contributed by atoms with Gasteiger partial charge in [0.25, 0.3) is 0 Å². The molecular weight excluding hydrogens is 211 g/mol. The van der Waals surface area contributed by atoms with Crippen molar-refractivity contribution < 1.29 is 18.0 Å². The first-order valence-corrected chi connectivity index (χ1v) is 4.74. The summed E-state index contributed by atoms with van der Waals surface area (Å²) in [7, 11) is 0. The summed E-state index contributed by atoms with van der Waals surface area (Å²) < 4.78 is 36.2. The molecule has 4 nitrogen and oxygen atoms in total. The smallest absolute Gasteiger partial charge is 0.350 e. The van der Waals surface area contributed by atoms with Gasteiger partial charge in [0, 0.05) is 12.6 Å². The summed E-state index contributed by atoms with van der Waals surface area (Å²) in [4.78, 5) is 11.1. The second kappa shape index (κ2) is 4.80. The molecule has 1 heterocycles. The minimum absolute atomic E-state index is 0.250. The molecule has 0 spiro atoms. The third kappa shape index (κ3) is 3.67.